The molecule has 0 aliphatic heterocycles. The lowest BCUT2D eigenvalue weighted by molar-refractivity contribution is -0.139. The third-order valence-electron chi connectivity index (χ3n) is 6.30. The molecule has 5 rings (SSSR count). The maximum absolute atomic E-state index is 12.7. The van der Waals surface area contributed by atoms with Gasteiger partial charge in [-0.2, -0.15) is 0 Å². The van der Waals surface area contributed by atoms with Crippen molar-refractivity contribution in [3.05, 3.63) is 120 Å². The third kappa shape index (κ3) is 4.93. The van der Waals surface area contributed by atoms with Crippen LogP contribution in [0.2, 0.25) is 0 Å². The van der Waals surface area contributed by atoms with E-state index in [-0.39, 0.29) is 18.9 Å². The molecular weight excluding hydrogens is 454 g/mol. The summed E-state index contributed by atoms with van der Waals surface area (Å²) in [7, 11) is 0. The molecule has 0 saturated carbocycles. The number of alkyl carbamates (subject to hydrolysis) is 1. The fourth-order valence-electron chi connectivity index (χ4n) is 4.59. The van der Waals surface area contributed by atoms with Crippen molar-refractivity contribution < 1.29 is 24.2 Å². The van der Waals surface area contributed by atoms with Gasteiger partial charge >= 0.3 is 12.1 Å². The lowest BCUT2D eigenvalue weighted by Crippen LogP contribution is -2.43. The van der Waals surface area contributed by atoms with E-state index in [2.05, 4.69) is 17.4 Å². The molecule has 1 aliphatic carbocycles. The molecule has 1 unspecified atom stereocenters. The minimum Gasteiger partial charge on any atom is -0.480 e. The van der Waals surface area contributed by atoms with Crippen molar-refractivity contribution >= 4 is 12.1 Å². The Balaban J connectivity index is 1.26. The molecule has 0 aromatic heterocycles. The van der Waals surface area contributed by atoms with Crippen LogP contribution in [0.4, 0.5) is 4.79 Å². The van der Waals surface area contributed by atoms with Gasteiger partial charge in [-0.1, -0.05) is 84.9 Å². The fourth-order valence-corrected chi connectivity index (χ4v) is 4.59. The first kappa shape index (κ1) is 23.2. The zero-order valence-electron chi connectivity index (χ0n) is 19.5. The average molecular weight is 480 g/mol. The van der Waals surface area contributed by atoms with E-state index in [4.69, 9.17) is 9.47 Å². The smallest absolute Gasteiger partial charge is 0.407 e. The summed E-state index contributed by atoms with van der Waals surface area (Å²) in [6.07, 6.45) is -0.728. The lowest BCUT2D eigenvalue weighted by Gasteiger charge is -2.18. The number of carbonyl (C=O) groups is 2. The van der Waals surface area contributed by atoms with Crippen molar-refractivity contribution in [3.63, 3.8) is 0 Å². The molecule has 1 amide bonds. The second-order valence-electron chi connectivity index (χ2n) is 8.59. The molecule has 6 heteroatoms. The standard InChI is InChI=1S/C30H25NO5/c32-29(33)27(18-20-10-4-9-17-28(20)36-21-11-2-1-3-12-21)31-30(34)35-19-26-24-15-7-5-13-22(24)23-14-6-8-16-25(23)26/h1-17,26-27H,18-19H2,(H,31,34)(H,32,33). The number of hydrogen-bond acceptors (Lipinski definition) is 4. The minimum absolute atomic E-state index is 0.0442. The second-order valence-corrected chi connectivity index (χ2v) is 8.59. The van der Waals surface area contributed by atoms with Gasteiger partial charge in [0, 0.05) is 12.3 Å². The predicted molar refractivity (Wildman–Crippen MR) is 136 cm³/mol. The van der Waals surface area contributed by atoms with E-state index in [9.17, 15) is 14.7 Å². The van der Waals surface area contributed by atoms with Crippen molar-refractivity contribution in [2.45, 2.75) is 18.4 Å². The second kappa shape index (κ2) is 10.4. The van der Waals surface area contributed by atoms with E-state index in [1.54, 1.807) is 18.2 Å². The summed E-state index contributed by atoms with van der Waals surface area (Å²) in [4.78, 5) is 24.7. The first-order chi connectivity index (χ1) is 17.6. The largest absolute Gasteiger partial charge is 0.480 e. The van der Waals surface area contributed by atoms with Gasteiger partial charge < -0.3 is 19.9 Å². The van der Waals surface area contributed by atoms with E-state index in [0.717, 1.165) is 22.3 Å². The number of carboxylic acids is 1. The van der Waals surface area contributed by atoms with E-state index in [1.807, 2.05) is 72.8 Å². The first-order valence-electron chi connectivity index (χ1n) is 11.8. The summed E-state index contributed by atoms with van der Waals surface area (Å²) in [5, 5.41) is 12.3. The third-order valence-corrected chi connectivity index (χ3v) is 6.30. The van der Waals surface area contributed by atoms with Gasteiger partial charge in [-0.05, 0) is 46.0 Å². The van der Waals surface area contributed by atoms with Gasteiger partial charge in [-0.25, -0.2) is 9.59 Å². The van der Waals surface area contributed by atoms with E-state index in [0.29, 0.717) is 17.1 Å². The van der Waals surface area contributed by atoms with Crippen LogP contribution in [0.3, 0.4) is 0 Å². The first-order valence-corrected chi connectivity index (χ1v) is 11.8. The van der Waals surface area contributed by atoms with Crippen LogP contribution in [0.1, 0.15) is 22.6 Å². The number of aliphatic carboxylic acids is 1. The molecule has 4 aromatic rings. The molecule has 1 atom stereocenters. The van der Waals surface area contributed by atoms with Crippen molar-refractivity contribution in [2.24, 2.45) is 0 Å². The molecule has 0 heterocycles. The monoisotopic (exact) mass is 479 g/mol. The Bertz CT molecular complexity index is 1340. The van der Waals surface area contributed by atoms with Crippen molar-refractivity contribution in [1.82, 2.24) is 5.32 Å². The van der Waals surface area contributed by atoms with Crippen molar-refractivity contribution in [2.75, 3.05) is 6.61 Å². The Kier molecular flexibility index (Phi) is 6.67. The number of para-hydroxylation sites is 2. The molecule has 0 radical (unpaired) electrons. The van der Waals surface area contributed by atoms with E-state index >= 15 is 0 Å². The molecule has 1 aliphatic rings. The number of rotatable bonds is 8. The van der Waals surface area contributed by atoms with Crippen LogP contribution < -0.4 is 10.1 Å². The molecule has 36 heavy (non-hydrogen) atoms. The Morgan fingerprint density at radius 1 is 0.778 bits per heavy atom. The highest BCUT2D eigenvalue weighted by Crippen LogP contribution is 2.44. The maximum atomic E-state index is 12.7. The fraction of sp³-hybridized carbons (Fsp3) is 0.133. The molecule has 0 fully saturated rings. The molecule has 0 bridgehead atoms. The molecular formula is C30H25NO5. The Morgan fingerprint density at radius 2 is 1.36 bits per heavy atom. The van der Waals surface area contributed by atoms with Gasteiger partial charge in [0.15, 0.2) is 0 Å². The molecule has 0 saturated heterocycles. The number of carboxylic acid groups (broad SMARTS) is 1. The minimum atomic E-state index is -1.18. The Morgan fingerprint density at radius 3 is 2.03 bits per heavy atom. The van der Waals surface area contributed by atoms with Crippen molar-refractivity contribution in [3.8, 4) is 22.6 Å². The molecule has 0 spiro atoms. The van der Waals surface area contributed by atoms with Crippen LogP contribution in [0.5, 0.6) is 11.5 Å². The van der Waals surface area contributed by atoms with Crippen LogP contribution >= 0.6 is 0 Å². The number of nitrogens with one attached hydrogen (secondary N) is 1. The highest BCUT2D eigenvalue weighted by atomic mass is 16.5. The van der Waals surface area contributed by atoms with Gasteiger partial charge in [0.2, 0.25) is 0 Å². The van der Waals surface area contributed by atoms with Crippen LogP contribution in [-0.2, 0) is 16.0 Å². The van der Waals surface area contributed by atoms with E-state index < -0.39 is 18.1 Å². The molecule has 6 nitrogen and oxygen atoms in total. The molecule has 2 N–H and O–H groups in total. The number of benzene rings is 4. The van der Waals surface area contributed by atoms with E-state index in [1.165, 1.54) is 0 Å². The molecule has 4 aromatic carbocycles. The highest BCUT2D eigenvalue weighted by Gasteiger charge is 2.30. The number of carbonyl (C=O) groups excluding carboxylic acids is 1. The zero-order valence-corrected chi connectivity index (χ0v) is 19.5. The topological polar surface area (TPSA) is 84.9 Å². The Labute approximate surface area is 209 Å². The maximum Gasteiger partial charge on any atom is 0.407 e. The number of fused-ring (bicyclic) bond motifs is 3. The SMILES string of the molecule is O=C(NC(Cc1ccccc1Oc1ccccc1)C(=O)O)OCC1c2ccccc2-c2ccccc21. The van der Waals surface area contributed by atoms with Gasteiger partial charge in [-0.3, -0.25) is 0 Å². The number of hydrogen-bond donors (Lipinski definition) is 2. The van der Waals surface area contributed by atoms with Crippen LogP contribution in [0, 0.1) is 0 Å². The summed E-state index contributed by atoms with van der Waals surface area (Å²) in [5.41, 5.74) is 5.09. The Hall–Kier alpha value is -4.58. The van der Waals surface area contributed by atoms with Crippen LogP contribution in [-0.4, -0.2) is 29.8 Å². The summed E-state index contributed by atoms with van der Waals surface area (Å²) in [5.74, 6) is -0.0879. The summed E-state index contributed by atoms with van der Waals surface area (Å²) in [6, 6.07) is 31.3. The van der Waals surface area contributed by atoms with Gasteiger partial charge in [0.1, 0.15) is 24.1 Å². The number of ether oxygens (including phenoxy) is 2. The quantitative estimate of drug-likeness (QED) is 0.323. The van der Waals surface area contributed by atoms with Crippen molar-refractivity contribution in [1.29, 1.82) is 0 Å². The average Bonchev–Trinajstić information content (AvgIpc) is 3.22. The summed E-state index contributed by atoms with van der Waals surface area (Å²) in [6.45, 7) is 0.111. The summed E-state index contributed by atoms with van der Waals surface area (Å²) >= 11 is 0. The van der Waals surface area contributed by atoms with Gasteiger partial charge in [-0.15, -0.1) is 0 Å². The van der Waals surface area contributed by atoms with Gasteiger partial charge in [0.25, 0.3) is 0 Å². The predicted octanol–water partition coefficient (Wildman–Crippen LogP) is 6.01. The zero-order chi connectivity index (χ0) is 24.9. The van der Waals surface area contributed by atoms with Crippen LogP contribution in [0.25, 0.3) is 11.1 Å². The lowest BCUT2D eigenvalue weighted by atomic mass is 9.98. The van der Waals surface area contributed by atoms with Crippen LogP contribution in [0.15, 0.2) is 103 Å². The number of amides is 1. The summed E-state index contributed by atoms with van der Waals surface area (Å²) < 4.78 is 11.5. The normalized spacial score (nSPS) is 12.8. The van der Waals surface area contributed by atoms with Gasteiger partial charge in [0.05, 0.1) is 0 Å². The molecule has 180 valence electrons. The highest BCUT2D eigenvalue weighted by molar-refractivity contribution is 5.81.